The second kappa shape index (κ2) is 12.2. The van der Waals surface area contributed by atoms with Crippen LogP contribution >= 0.6 is 11.6 Å². The number of hydrogen-bond acceptors (Lipinski definition) is 2. The van der Waals surface area contributed by atoms with Crippen LogP contribution in [-0.4, -0.2) is 18.0 Å². The molecule has 0 aliphatic carbocycles. The average molecular weight is 263 g/mol. The second-order valence-electron chi connectivity index (χ2n) is 4.55. The summed E-state index contributed by atoms with van der Waals surface area (Å²) in [5.41, 5.74) is 0. The molecule has 0 N–H and O–H groups in total. The first kappa shape index (κ1) is 16.8. The summed E-state index contributed by atoms with van der Waals surface area (Å²) in [6, 6.07) is 0. The molecule has 0 fully saturated rings. The fraction of sp³-hybridized carbons (Fsp3) is 0.929. The van der Waals surface area contributed by atoms with E-state index in [2.05, 4.69) is 6.92 Å². The van der Waals surface area contributed by atoms with E-state index in [0.717, 1.165) is 19.3 Å². The topological polar surface area (TPSA) is 26.3 Å². The van der Waals surface area contributed by atoms with Crippen LogP contribution in [0.15, 0.2) is 0 Å². The number of hydrogen-bond donors (Lipinski definition) is 0. The van der Waals surface area contributed by atoms with Crippen molar-refractivity contribution in [2.75, 3.05) is 6.61 Å². The highest BCUT2D eigenvalue weighted by molar-refractivity contribution is 6.21. The number of ether oxygens (including phenoxy) is 1. The number of carbonyl (C=O) groups is 1. The molecule has 0 aromatic rings. The predicted molar refractivity (Wildman–Crippen MR) is 73.5 cm³/mol. The molecule has 17 heavy (non-hydrogen) atoms. The van der Waals surface area contributed by atoms with Gasteiger partial charge >= 0.3 is 5.97 Å². The zero-order chi connectivity index (χ0) is 12.9. The van der Waals surface area contributed by atoms with Crippen molar-refractivity contribution >= 4 is 17.6 Å². The minimum Gasteiger partial charge on any atom is -0.466 e. The largest absolute Gasteiger partial charge is 0.466 e. The van der Waals surface area contributed by atoms with E-state index < -0.39 is 0 Å². The van der Waals surface area contributed by atoms with Gasteiger partial charge in [0, 0.05) is 5.38 Å². The Hall–Kier alpha value is -0.240. The first-order chi connectivity index (χ1) is 8.20. The lowest BCUT2D eigenvalue weighted by atomic mass is 10.1. The molecule has 1 unspecified atom stereocenters. The van der Waals surface area contributed by atoms with E-state index in [1.54, 1.807) is 0 Å². The van der Waals surface area contributed by atoms with Crippen LogP contribution in [0.5, 0.6) is 0 Å². The van der Waals surface area contributed by atoms with Crippen molar-refractivity contribution in [1.82, 2.24) is 0 Å². The summed E-state index contributed by atoms with van der Waals surface area (Å²) < 4.78 is 5.12. The van der Waals surface area contributed by atoms with Crippen LogP contribution < -0.4 is 0 Å². The third-order valence-electron chi connectivity index (χ3n) is 2.84. The van der Waals surface area contributed by atoms with Gasteiger partial charge in [0.25, 0.3) is 0 Å². The van der Waals surface area contributed by atoms with Gasteiger partial charge in [-0.2, -0.15) is 0 Å². The van der Waals surface area contributed by atoms with E-state index in [1.165, 1.54) is 32.1 Å². The van der Waals surface area contributed by atoms with Crippen molar-refractivity contribution in [2.24, 2.45) is 0 Å². The lowest BCUT2D eigenvalue weighted by Gasteiger charge is -2.07. The Morgan fingerprint density at radius 1 is 1.06 bits per heavy atom. The Kier molecular flexibility index (Phi) is 12.1. The van der Waals surface area contributed by atoms with Gasteiger partial charge in [-0.15, -0.1) is 11.6 Å². The average Bonchev–Trinajstić information content (AvgIpc) is 2.32. The smallest absolute Gasteiger partial charge is 0.307 e. The van der Waals surface area contributed by atoms with E-state index in [1.807, 2.05) is 6.92 Å². The summed E-state index contributed by atoms with van der Waals surface area (Å²) in [5, 5.41) is -0.0726. The summed E-state index contributed by atoms with van der Waals surface area (Å²) in [4.78, 5) is 11.3. The summed E-state index contributed by atoms with van der Waals surface area (Å²) in [6.45, 7) is 4.75. The molecular weight excluding hydrogens is 236 g/mol. The van der Waals surface area contributed by atoms with Gasteiger partial charge < -0.3 is 4.74 Å². The fourth-order valence-corrected chi connectivity index (χ4v) is 1.76. The monoisotopic (exact) mass is 262 g/mol. The first-order valence-electron chi connectivity index (χ1n) is 7.00. The zero-order valence-corrected chi connectivity index (χ0v) is 12.1. The number of rotatable bonds is 11. The van der Waals surface area contributed by atoms with Crippen LogP contribution in [0.4, 0.5) is 0 Å². The number of halogens is 1. The zero-order valence-electron chi connectivity index (χ0n) is 11.3. The van der Waals surface area contributed by atoms with Crippen molar-refractivity contribution in [3.05, 3.63) is 0 Å². The Bertz CT molecular complexity index is 183. The van der Waals surface area contributed by atoms with Crippen molar-refractivity contribution in [1.29, 1.82) is 0 Å². The Labute approximate surface area is 111 Å². The number of alkyl halides is 1. The first-order valence-corrected chi connectivity index (χ1v) is 7.44. The molecule has 0 saturated carbocycles. The van der Waals surface area contributed by atoms with Gasteiger partial charge in [0.2, 0.25) is 0 Å². The SMILES string of the molecule is CCCCCCCCCOC(=O)CC(Cl)CC. The lowest BCUT2D eigenvalue weighted by molar-refractivity contribution is -0.143. The van der Waals surface area contributed by atoms with Crippen LogP contribution in [0, 0.1) is 0 Å². The highest BCUT2D eigenvalue weighted by atomic mass is 35.5. The molecule has 0 bridgehead atoms. The number of esters is 1. The second-order valence-corrected chi connectivity index (χ2v) is 5.17. The molecule has 0 amide bonds. The van der Waals surface area contributed by atoms with Crippen LogP contribution in [0.3, 0.4) is 0 Å². The van der Waals surface area contributed by atoms with Crippen LogP contribution in [0.1, 0.15) is 71.6 Å². The molecule has 0 rings (SSSR count). The molecular formula is C14H27ClO2. The highest BCUT2D eigenvalue weighted by Crippen LogP contribution is 2.09. The maximum atomic E-state index is 11.3. The maximum Gasteiger partial charge on any atom is 0.307 e. The lowest BCUT2D eigenvalue weighted by Crippen LogP contribution is -2.11. The van der Waals surface area contributed by atoms with Gasteiger partial charge in [-0.25, -0.2) is 0 Å². The molecule has 1 atom stereocenters. The summed E-state index contributed by atoms with van der Waals surface area (Å²) in [5.74, 6) is -0.155. The van der Waals surface area contributed by atoms with E-state index in [-0.39, 0.29) is 11.3 Å². The molecule has 3 heteroatoms. The molecule has 0 heterocycles. The van der Waals surface area contributed by atoms with Crippen molar-refractivity contribution < 1.29 is 9.53 Å². The molecule has 2 nitrogen and oxygen atoms in total. The maximum absolute atomic E-state index is 11.3. The Morgan fingerprint density at radius 2 is 1.65 bits per heavy atom. The number of carbonyl (C=O) groups excluding carboxylic acids is 1. The molecule has 0 saturated heterocycles. The van der Waals surface area contributed by atoms with Gasteiger partial charge in [-0.3, -0.25) is 4.79 Å². The molecule has 0 aliphatic heterocycles. The van der Waals surface area contributed by atoms with Gasteiger partial charge in [0.1, 0.15) is 0 Å². The summed E-state index contributed by atoms with van der Waals surface area (Å²) in [6.07, 6.45) is 9.82. The van der Waals surface area contributed by atoms with Gasteiger partial charge in [-0.05, 0) is 12.8 Å². The van der Waals surface area contributed by atoms with Crippen molar-refractivity contribution in [3.63, 3.8) is 0 Å². The summed E-state index contributed by atoms with van der Waals surface area (Å²) in [7, 11) is 0. The van der Waals surface area contributed by atoms with Crippen LogP contribution in [0.2, 0.25) is 0 Å². The normalized spacial score (nSPS) is 12.4. The fourth-order valence-electron chi connectivity index (χ4n) is 1.63. The third-order valence-corrected chi connectivity index (χ3v) is 3.30. The van der Waals surface area contributed by atoms with Crippen LogP contribution in [-0.2, 0) is 9.53 Å². The molecule has 0 aromatic heterocycles. The van der Waals surface area contributed by atoms with E-state index in [4.69, 9.17) is 16.3 Å². The minimum atomic E-state index is -0.155. The molecule has 102 valence electrons. The standard InChI is InChI=1S/C14H27ClO2/c1-3-5-6-7-8-9-10-11-17-14(16)12-13(15)4-2/h13H,3-12H2,1-2H3. The number of unbranched alkanes of at least 4 members (excludes halogenated alkanes) is 6. The third kappa shape index (κ3) is 12.0. The van der Waals surface area contributed by atoms with Gasteiger partial charge in [-0.1, -0.05) is 52.4 Å². The minimum absolute atomic E-state index is 0.0726. The van der Waals surface area contributed by atoms with Crippen molar-refractivity contribution in [3.8, 4) is 0 Å². The van der Waals surface area contributed by atoms with E-state index in [9.17, 15) is 4.79 Å². The molecule has 0 aliphatic rings. The molecule has 0 radical (unpaired) electrons. The molecule has 0 aromatic carbocycles. The van der Waals surface area contributed by atoms with Crippen LogP contribution in [0.25, 0.3) is 0 Å². The van der Waals surface area contributed by atoms with Gasteiger partial charge in [0.15, 0.2) is 0 Å². The quantitative estimate of drug-likeness (QED) is 0.307. The Balaban J connectivity index is 3.19. The van der Waals surface area contributed by atoms with E-state index >= 15 is 0 Å². The molecule has 0 spiro atoms. The highest BCUT2D eigenvalue weighted by Gasteiger charge is 2.09. The predicted octanol–water partition coefficient (Wildman–Crippen LogP) is 4.69. The van der Waals surface area contributed by atoms with Gasteiger partial charge in [0.05, 0.1) is 13.0 Å². The Morgan fingerprint density at radius 3 is 2.24 bits per heavy atom. The van der Waals surface area contributed by atoms with Crippen molar-refractivity contribution in [2.45, 2.75) is 77.0 Å². The summed E-state index contributed by atoms with van der Waals surface area (Å²) >= 11 is 5.87. The van der Waals surface area contributed by atoms with E-state index in [0.29, 0.717) is 13.0 Å².